The first-order chi connectivity index (χ1) is 8.15. The predicted molar refractivity (Wildman–Crippen MR) is 76.6 cm³/mol. The highest BCUT2D eigenvalue weighted by Crippen LogP contribution is 2.16. The maximum absolute atomic E-state index is 12.0. The Labute approximate surface area is 120 Å². The van der Waals surface area contributed by atoms with E-state index >= 15 is 0 Å². The Morgan fingerprint density at radius 1 is 1.42 bits per heavy atom. The smallest absolute Gasteiger partial charge is 0.240 e. The zero-order valence-electron chi connectivity index (χ0n) is 11.1. The van der Waals surface area contributed by atoms with E-state index in [0.717, 1.165) is 0 Å². The molecule has 5 nitrogen and oxygen atoms in total. The number of nitriles is 1. The fourth-order valence-electron chi connectivity index (χ4n) is 1.38. The van der Waals surface area contributed by atoms with Gasteiger partial charge < -0.3 is 5.73 Å². The van der Waals surface area contributed by atoms with Crippen molar-refractivity contribution in [2.45, 2.75) is 31.2 Å². The van der Waals surface area contributed by atoms with Gasteiger partial charge in [0.1, 0.15) is 0 Å². The second-order valence-electron chi connectivity index (χ2n) is 4.91. The number of hydrogen-bond acceptors (Lipinski definition) is 4. The van der Waals surface area contributed by atoms with E-state index in [4.69, 9.17) is 11.0 Å². The molecule has 0 heterocycles. The fourth-order valence-corrected chi connectivity index (χ4v) is 2.83. The summed E-state index contributed by atoms with van der Waals surface area (Å²) in [7, 11) is -3.59. The second kappa shape index (κ2) is 6.35. The van der Waals surface area contributed by atoms with Gasteiger partial charge in [-0.15, -0.1) is 12.4 Å². The zero-order chi connectivity index (χ0) is 14.0. The van der Waals surface area contributed by atoms with Gasteiger partial charge in [-0.25, -0.2) is 13.1 Å². The van der Waals surface area contributed by atoms with Crippen molar-refractivity contribution in [1.82, 2.24) is 4.72 Å². The molecule has 0 saturated heterocycles. The first kappa shape index (κ1) is 17.9. The molecule has 0 saturated carbocycles. The Morgan fingerprint density at radius 2 is 2.00 bits per heavy atom. The molecule has 0 amide bonds. The Morgan fingerprint density at radius 3 is 2.42 bits per heavy atom. The van der Waals surface area contributed by atoms with Gasteiger partial charge in [-0.2, -0.15) is 5.26 Å². The van der Waals surface area contributed by atoms with Crippen molar-refractivity contribution in [1.29, 1.82) is 5.26 Å². The molecule has 0 aliphatic rings. The van der Waals surface area contributed by atoms with Gasteiger partial charge in [-0.3, -0.25) is 0 Å². The van der Waals surface area contributed by atoms with Crippen molar-refractivity contribution in [3.63, 3.8) is 0 Å². The number of aryl methyl sites for hydroxylation is 1. The molecular formula is C12H18ClN3O2S. The highest BCUT2D eigenvalue weighted by molar-refractivity contribution is 7.89. The van der Waals surface area contributed by atoms with E-state index in [2.05, 4.69) is 4.72 Å². The number of nitrogens with one attached hydrogen (secondary N) is 1. The largest absolute Gasteiger partial charge is 0.324 e. The minimum Gasteiger partial charge on any atom is -0.324 e. The minimum atomic E-state index is -3.59. The molecule has 0 atom stereocenters. The van der Waals surface area contributed by atoms with Gasteiger partial charge in [0, 0.05) is 12.1 Å². The molecule has 0 bridgehead atoms. The molecule has 0 aliphatic heterocycles. The van der Waals surface area contributed by atoms with Gasteiger partial charge in [0.25, 0.3) is 0 Å². The van der Waals surface area contributed by atoms with Crippen LogP contribution in [0.3, 0.4) is 0 Å². The van der Waals surface area contributed by atoms with Crippen molar-refractivity contribution in [3.8, 4) is 6.07 Å². The molecule has 0 radical (unpaired) electrons. The number of halogens is 1. The summed E-state index contributed by atoms with van der Waals surface area (Å²) in [6.07, 6.45) is 0. The van der Waals surface area contributed by atoms with E-state index in [9.17, 15) is 8.42 Å². The molecule has 0 fully saturated rings. The second-order valence-corrected chi connectivity index (χ2v) is 6.64. The van der Waals surface area contributed by atoms with E-state index in [1.807, 2.05) is 6.07 Å². The molecule has 0 aromatic heterocycles. The van der Waals surface area contributed by atoms with Crippen LogP contribution in [0.2, 0.25) is 0 Å². The van der Waals surface area contributed by atoms with E-state index in [1.165, 1.54) is 12.1 Å². The van der Waals surface area contributed by atoms with Crippen molar-refractivity contribution < 1.29 is 8.42 Å². The quantitative estimate of drug-likeness (QED) is 0.876. The topological polar surface area (TPSA) is 96.0 Å². The lowest BCUT2D eigenvalue weighted by atomic mass is 10.1. The number of hydrogen-bond donors (Lipinski definition) is 2. The van der Waals surface area contributed by atoms with Gasteiger partial charge in [-0.05, 0) is 44.5 Å². The average Bonchev–Trinajstić information content (AvgIpc) is 2.25. The maximum Gasteiger partial charge on any atom is 0.240 e. The number of sulfonamides is 1. The summed E-state index contributed by atoms with van der Waals surface area (Å²) in [4.78, 5) is 0.172. The van der Waals surface area contributed by atoms with Crippen LogP contribution in [0, 0.1) is 18.3 Å². The standard InChI is InChI=1S/C12H17N3O2S.ClH/c1-9-6-10(7-13)4-5-11(9)18(16,17)15-8-12(2,3)14;/h4-6,15H,8,14H2,1-3H3;1H. The third-order valence-electron chi connectivity index (χ3n) is 2.31. The SMILES string of the molecule is Cc1cc(C#N)ccc1S(=O)(=O)NCC(C)(C)N.Cl. The molecule has 1 aromatic carbocycles. The molecule has 7 heteroatoms. The van der Waals surface area contributed by atoms with Crippen LogP contribution in [0.15, 0.2) is 23.1 Å². The normalized spacial score (nSPS) is 11.5. The minimum absolute atomic E-state index is 0. The maximum atomic E-state index is 12.0. The van der Waals surface area contributed by atoms with Crippen LogP contribution in [0.25, 0.3) is 0 Å². The molecule has 0 unspecified atom stereocenters. The highest BCUT2D eigenvalue weighted by atomic mass is 35.5. The Balaban J connectivity index is 0.00000324. The number of rotatable bonds is 4. The summed E-state index contributed by atoms with van der Waals surface area (Å²) in [5.74, 6) is 0. The fraction of sp³-hybridized carbons (Fsp3) is 0.417. The van der Waals surface area contributed by atoms with E-state index in [1.54, 1.807) is 26.8 Å². The highest BCUT2D eigenvalue weighted by Gasteiger charge is 2.20. The van der Waals surface area contributed by atoms with Gasteiger partial charge in [-0.1, -0.05) is 0 Å². The Bertz CT molecular complexity index is 586. The molecule has 0 spiro atoms. The molecule has 106 valence electrons. The van der Waals surface area contributed by atoms with Crippen LogP contribution in [0.1, 0.15) is 25.0 Å². The van der Waals surface area contributed by atoms with Crippen LogP contribution < -0.4 is 10.5 Å². The van der Waals surface area contributed by atoms with Crippen molar-refractivity contribution >= 4 is 22.4 Å². The molecule has 1 rings (SSSR count). The van der Waals surface area contributed by atoms with Gasteiger partial charge in [0.05, 0.1) is 16.5 Å². The summed E-state index contributed by atoms with van der Waals surface area (Å²) < 4.78 is 26.6. The lowest BCUT2D eigenvalue weighted by Gasteiger charge is -2.19. The zero-order valence-corrected chi connectivity index (χ0v) is 12.7. The lowest BCUT2D eigenvalue weighted by molar-refractivity contribution is 0.497. The van der Waals surface area contributed by atoms with Crippen LogP contribution in [-0.4, -0.2) is 20.5 Å². The van der Waals surface area contributed by atoms with E-state index in [0.29, 0.717) is 11.1 Å². The van der Waals surface area contributed by atoms with E-state index in [-0.39, 0.29) is 23.8 Å². The monoisotopic (exact) mass is 303 g/mol. The van der Waals surface area contributed by atoms with Gasteiger partial charge >= 0.3 is 0 Å². The summed E-state index contributed by atoms with van der Waals surface area (Å²) in [6.45, 7) is 5.28. The van der Waals surface area contributed by atoms with Gasteiger partial charge in [0.2, 0.25) is 10.0 Å². The van der Waals surface area contributed by atoms with Crippen LogP contribution >= 0.6 is 12.4 Å². The molecular weight excluding hydrogens is 286 g/mol. The van der Waals surface area contributed by atoms with Crippen LogP contribution in [-0.2, 0) is 10.0 Å². The van der Waals surface area contributed by atoms with Crippen LogP contribution in [0.5, 0.6) is 0 Å². The third-order valence-corrected chi connectivity index (χ3v) is 3.87. The molecule has 3 N–H and O–H groups in total. The summed E-state index contributed by atoms with van der Waals surface area (Å²) in [5.41, 5.74) is 6.09. The van der Waals surface area contributed by atoms with Gasteiger partial charge in [0.15, 0.2) is 0 Å². The first-order valence-corrected chi connectivity index (χ1v) is 6.93. The van der Waals surface area contributed by atoms with E-state index < -0.39 is 15.6 Å². The van der Waals surface area contributed by atoms with Crippen molar-refractivity contribution in [2.24, 2.45) is 5.73 Å². The molecule has 19 heavy (non-hydrogen) atoms. The van der Waals surface area contributed by atoms with Crippen molar-refractivity contribution in [2.75, 3.05) is 6.54 Å². The number of benzene rings is 1. The molecule has 0 aliphatic carbocycles. The van der Waals surface area contributed by atoms with Crippen molar-refractivity contribution in [3.05, 3.63) is 29.3 Å². The third kappa shape index (κ3) is 5.17. The predicted octanol–water partition coefficient (Wildman–Crippen LogP) is 1.30. The number of nitrogens with zero attached hydrogens (tertiary/aromatic N) is 1. The summed E-state index contributed by atoms with van der Waals surface area (Å²) in [6, 6.07) is 6.42. The number of nitrogens with two attached hydrogens (primary N) is 1. The lowest BCUT2D eigenvalue weighted by Crippen LogP contribution is -2.45. The first-order valence-electron chi connectivity index (χ1n) is 5.45. The summed E-state index contributed by atoms with van der Waals surface area (Å²) >= 11 is 0. The average molecular weight is 304 g/mol. The van der Waals surface area contributed by atoms with Crippen LogP contribution in [0.4, 0.5) is 0 Å². The summed E-state index contributed by atoms with van der Waals surface area (Å²) in [5, 5.41) is 8.73. The Hall–Kier alpha value is -1.13. The molecule has 1 aromatic rings. The Kier molecular flexibility index (Phi) is 5.97.